The number of allylic oxidation sites excluding steroid dienone is 2. The highest BCUT2D eigenvalue weighted by atomic mass is 16.3. The van der Waals surface area contributed by atoms with Gasteiger partial charge in [0.05, 0.1) is 11.0 Å². The number of hydrogen-bond donors (Lipinski definition) is 0. The zero-order valence-electron chi connectivity index (χ0n) is 35.7. The fraction of sp³-hybridized carbons (Fsp3) is 0.167. The molecule has 0 spiro atoms. The molecule has 14 rings (SSSR count). The minimum absolute atomic E-state index is 0.649. The van der Waals surface area contributed by atoms with Gasteiger partial charge in [-0.1, -0.05) is 98.1 Å². The SMILES string of the molecule is C1=C(C2=Cc3c(n(-c4ccc5oc6ccccc6c5c4)c4ccc(C5CCCCC5)cc34)CC2)CCc2c1c1ccccc1n2-c1cccc(-c2ccc3oc4ccccc4c3c2)c1. The van der Waals surface area contributed by atoms with E-state index in [4.69, 9.17) is 8.83 Å². The topological polar surface area (TPSA) is 36.1 Å². The van der Waals surface area contributed by atoms with Crippen molar-refractivity contribution in [1.29, 1.82) is 0 Å². The lowest BCUT2D eigenvalue weighted by atomic mass is 9.83. The van der Waals surface area contributed by atoms with E-state index >= 15 is 0 Å². The Balaban J connectivity index is 0.884. The second kappa shape index (κ2) is 14.1. The van der Waals surface area contributed by atoms with Gasteiger partial charge in [0.2, 0.25) is 0 Å². The molecule has 0 aliphatic heterocycles. The van der Waals surface area contributed by atoms with Crippen LogP contribution in [0.15, 0.2) is 172 Å². The lowest BCUT2D eigenvalue weighted by Crippen LogP contribution is -2.10. The maximum absolute atomic E-state index is 6.28. The van der Waals surface area contributed by atoms with Gasteiger partial charge in [-0.2, -0.15) is 0 Å². The van der Waals surface area contributed by atoms with E-state index in [1.54, 1.807) is 0 Å². The molecule has 3 aliphatic rings. The number of benzene rings is 7. The number of aromatic nitrogens is 2. The van der Waals surface area contributed by atoms with Crippen molar-refractivity contribution in [2.45, 2.75) is 63.7 Å². The van der Waals surface area contributed by atoms with Crippen LogP contribution in [0.4, 0.5) is 0 Å². The summed E-state index contributed by atoms with van der Waals surface area (Å²) in [5.41, 5.74) is 21.2. The number of rotatable bonds is 5. The maximum atomic E-state index is 6.28. The standard InChI is InChI=1S/C60H46N2O2/c1-2-11-37(12-3-1)39-21-26-55-49(32-39)50-34-41(23-28-56(50)62(55)44-25-30-60-52(36-44)47-17-6-9-20-58(47)64-60)40-22-27-54-48(33-40)45-15-4-7-18-53(45)61(54)43-14-10-13-38(31-43)42-24-29-59-51(35-42)46-16-5-8-19-57(46)63-59/h4-10,13-21,24-26,29-37H,1-3,11-12,22-23,27-28H2. The molecule has 1 saturated carbocycles. The number of para-hydroxylation sites is 3. The smallest absolute Gasteiger partial charge is 0.135 e. The second-order valence-electron chi connectivity index (χ2n) is 18.5. The van der Waals surface area contributed by atoms with Gasteiger partial charge in [-0.25, -0.2) is 0 Å². The first-order valence-electron chi connectivity index (χ1n) is 23.3. The van der Waals surface area contributed by atoms with Gasteiger partial charge in [-0.3, -0.25) is 0 Å². The largest absolute Gasteiger partial charge is 0.456 e. The van der Waals surface area contributed by atoms with E-state index in [2.05, 4.69) is 167 Å². The number of furan rings is 2. The summed E-state index contributed by atoms with van der Waals surface area (Å²) >= 11 is 0. The van der Waals surface area contributed by atoms with Crippen molar-refractivity contribution < 1.29 is 8.83 Å². The fourth-order valence-electron chi connectivity index (χ4n) is 11.9. The van der Waals surface area contributed by atoms with Gasteiger partial charge in [0.25, 0.3) is 0 Å². The van der Waals surface area contributed by atoms with Crippen molar-refractivity contribution in [3.05, 3.63) is 191 Å². The van der Waals surface area contributed by atoms with E-state index in [0.29, 0.717) is 5.92 Å². The van der Waals surface area contributed by atoms with E-state index in [0.717, 1.165) is 58.8 Å². The summed E-state index contributed by atoms with van der Waals surface area (Å²) in [4.78, 5) is 0. The van der Waals surface area contributed by atoms with Crippen LogP contribution in [0.5, 0.6) is 0 Å². The number of hydrogen-bond acceptors (Lipinski definition) is 2. The molecular formula is C60H46N2O2. The van der Waals surface area contributed by atoms with Crippen LogP contribution in [0.3, 0.4) is 0 Å². The molecule has 0 radical (unpaired) electrons. The van der Waals surface area contributed by atoms with Crippen molar-refractivity contribution in [3.8, 4) is 22.5 Å². The minimum Gasteiger partial charge on any atom is -0.456 e. The van der Waals surface area contributed by atoms with Gasteiger partial charge in [-0.15, -0.1) is 0 Å². The van der Waals surface area contributed by atoms with Crippen LogP contribution in [-0.2, 0) is 12.8 Å². The Labute approximate surface area is 371 Å². The molecule has 0 unspecified atom stereocenters. The second-order valence-corrected chi connectivity index (χ2v) is 18.5. The average molecular weight is 827 g/mol. The van der Waals surface area contributed by atoms with Crippen molar-refractivity contribution in [2.75, 3.05) is 0 Å². The molecule has 0 saturated heterocycles. The molecule has 4 aromatic heterocycles. The Morgan fingerprint density at radius 3 is 1.70 bits per heavy atom. The Kier molecular flexibility index (Phi) is 7.98. The van der Waals surface area contributed by atoms with E-state index in [1.807, 2.05) is 6.07 Å². The Morgan fingerprint density at radius 2 is 0.969 bits per heavy atom. The molecule has 4 heterocycles. The summed E-state index contributed by atoms with van der Waals surface area (Å²) in [6, 6.07) is 55.7. The summed E-state index contributed by atoms with van der Waals surface area (Å²) < 4.78 is 17.6. The van der Waals surface area contributed by atoms with Crippen LogP contribution in [-0.4, -0.2) is 9.13 Å². The number of fused-ring (bicyclic) bond motifs is 12. The lowest BCUT2D eigenvalue weighted by molar-refractivity contribution is 0.444. The van der Waals surface area contributed by atoms with Crippen molar-refractivity contribution in [1.82, 2.24) is 9.13 Å². The highest BCUT2D eigenvalue weighted by Gasteiger charge is 2.28. The first-order valence-corrected chi connectivity index (χ1v) is 23.3. The molecule has 7 aromatic carbocycles. The number of nitrogens with zero attached hydrogens (tertiary/aromatic N) is 2. The van der Waals surface area contributed by atoms with Crippen LogP contribution in [0.25, 0.3) is 100 Å². The maximum Gasteiger partial charge on any atom is 0.135 e. The summed E-state index contributed by atoms with van der Waals surface area (Å²) in [6.45, 7) is 0. The molecule has 0 N–H and O–H groups in total. The predicted molar refractivity (Wildman–Crippen MR) is 265 cm³/mol. The third-order valence-electron chi connectivity index (χ3n) is 15.0. The average Bonchev–Trinajstić information content (AvgIpc) is 4.11. The molecule has 0 bridgehead atoms. The van der Waals surface area contributed by atoms with Crippen molar-refractivity contribution in [3.63, 3.8) is 0 Å². The molecule has 0 amide bonds. The molecule has 4 nitrogen and oxygen atoms in total. The van der Waals surface area contributed by atoms with Crippen molar-refractivity contribution >= 4 is 77.8 Å². The summed E-state index contributed by atoms with van der Waals surface area (Å²) in [6.07, 6.45) is 15.8. The molecule has 4 heteroatoms. The first kappa shape index (κ1) is 36.2. The monoisotopic (exact) mass is 826 g/mol. The van der Waals surface area contributed by atoms with Gasteiger partial charge >= 0.3 is 0 Å². The van der Waals surface area contributed by atoms with Crippen molar-refractivity contribution in [2.24, 2.45) is 0 Å². The lowest BCUT2D eigenvalue weighted by Gasteiger charge is -2.23. The van der Waals surface area contributed by atoms with Crippen LogP contribution in [0.2, 0.25) is 0 Å². The molecular weight excluding hydrogens is 781 g/mol. The third kappa shape index (κ3) is 5.54. The highest BCUT2D eigenvalue weighted by molar-refractivity contribution is 6.07. The van der Waals surface area contributed by atoms with E-state index < -0.39 is 0 Å². The van der Waals surface area contributed by atoms with Crippen LogP contribution in [0, 0.1) is 0 Å². The van der Waals surface area contributed by atoms with E-state index in [1.165, 1.54) is 126 Å². The van der Waals surface area contributed by atoms with Crippen LogP contribution in [0.1, 0.15) is 78.9 Å². The summed E-state index contributed by atoms with van der Waals surface area (Å²) in [5.74, 6) is 0.649. The van der Waals surface area contributed by atoms with E-state index in [-0.39, 0.29) is 0 Å². The van der Waals surface area contributed by atoms with Gasteiger partial charge in [0, 0.05) is 66.2 Å². The molecule has 3 aliphatic carbocycles. The normalized spacial score (nSPS) is 15.7. The van der Waals surface area contributed by atoms with Gasteiger partial charge in [0.15, 0.2) is 0 Å². The molecule has 64 heavy (non-hydrogen) atoms. The molecule has 1 fully saturated rings. The Morgan fingerprint density at radius 1 is 0.391 bits per heavy atom. The zero-order chi connectivity index (χ0) is 41.9. The van der Waals surface area contributed by atoms with Gasteiger partial charge in [-0.05, 0) is 157 Å². The van der Waals surface area contributed by atoms with Gasteiger partial charge < -0.3 is 18.0 Å². The third-order valence-corrected chi connectivity index (χ3v) is 15.0. The Bertz CT molecular complexity index is 3780. The molecule has 308 valence electrons. The summed E-state index contributed by atoms with van der Waals surface area (Å²) in [5, 5.41) is 7.37. The van der Waals surface area contributed by atoms with E-state index in [9.17, 15) is 0 Å². The zero-order valence-corrected chi connectivity index (χ0v) is 35.7. The fourth-order valence-corrected chi connectivity index (χ4v) is 11.9. The highest BCUT2D eigenvalue weighted by Crippen LogP contribution is 2.45. The molecule has 0 atom stereocenters. The molecule has 11 aromatic rings. The van der Waals surface area contributed by atoms with Crippen LogP contribution < -0.4 is 0 Å². The van der Waals surface area contributed by atoms with Gasteiger partial charge in [0.1, 0.15) is 22.3 Å². The minimum atomic E-state index is 0.649. The Hall–Kier alpha value is -7.30. The van der Waals surface area contributed by atoms with Crippen LogP contribution >= 0.6 is 0 Å². The predicted octanol–water partition coefficient (Wildman–Crippen LogP) is 16.4. The quantitative estimate of drug-likeness (QED) is 0.173. The first-order chi connectivity index (χ1) is 31.7. The summed E-state index contributed by atoms with van der Waals surface area (Å²) in [7, 11) is 0.